The molecule has 0 fully saturated rings. The Morgan fingerprint density at radius 1 is 1.30 bits per heavy atom. The number of methoxy groups -OCH3 is 1. The molecule has 5 heteroatoms. The number of aromatic amines is 1. The number of hydrogen-bond acceptors (Lipinski definition) is 4. The predicted molar refractivity (Wildman–Crippen MR) is 112 cm³/mol. The first-order valence-electron chi connectivity index (χ1n) is 9.60. The van der Waals surface area contributed by atoms with Crippen molar-refractivity contribution in [2.75, 3.05) is 27.2 Å². The van der Waals surface area contributed by atoms with Gasteiger partial charge in [0.25, 0.3) is 0 Å². The molecule has 1 heterocycles. The third-order valence-electron chi connectivity index (χ3n) is 5.61. The van der Waals surface area contributed by atoms with Crippen LogP contribution in [0.15, 0.2) is 41.2 Å². The monoisotopic (exact) mass is 382 g/mol. The molecule has 3 aromatic rings. The van der Waals surface area contributed by atoms with Gasteiger partial charge in [-0.2, -0.15) is 0 Å². The number of H-pyrrole nitrogens is 1. The standard InChI is InChI=1S/C22H26N2O2S/c1-24(12-11-15-9-10-21-19(13-15)23-22(25)27-21)14-16-5-3-7-18-17(16)6-4-8-20(18)26-2/h4,6,8-10,13,16H,3,5,7,11-12,14H2,1-2H3,(H,23,25). The van der Waals surface area contributed by atoms with E-state index in [1.54, 1.807) is 7.11 Å². The number of benzene rings is 2. The Morgan fingerprint density at radius 2 is 2.19 bits per heavy atom. The van der Waals surface area contributed by atoms with Crippen molar-refractivity contribution in [2.45, 2.75) is 31.6 Å². The van der Waals surface area contributed by atoms with E-state index in [-0.39, 0.29) is 4.87 Å². The van der Waals surface area contributed by atoms with Crippen LogP contribution in [0.25, 0.3) is 10.2 Å². The second-order valence-corrected chi connectivity index (χ2v) is 8.49. The zero-order valence-corrected chi connectivity index (χ0v) is 16.8. The first-order valence-corrected chi connectivity index (χ1v) is 10.4. The van der Waals surface area contributed by atoms with Crippen LogP contribution in [-0.4, -0.2) is 37.1 Å². The molecule has 1 aliphatic carbocycles. The number of nitrogens with one attached hydrogen (secondary N) is 1. The molecule has 0 saturated carbocycles. The lowest BCUT2D eigenvalue weighted by Gasteiger charge is -2.30. The topological polar surface area (TPSA) is 45.3 Å². The van der Waals surface area contributed by atoms with E-state index in [1.165, 1.54) is 40.9 Å². The van der Waals surface area contributed by atoms with Crippen molar-refractivity contribution < 1.29 is 4.74 Å². The van der Waals surface area contributed by atoms with Gasteiger partial charge >= 0.3 is 4.87 Å². The SMILES string of the molecule is COc1cccc2c1CCCC2CN(C)CCc1ccc2sc(=O)[nH]c2c1. The fourth-order valence-corrected chi connectivity index (χ4v) is 4.95. The van der Waals surface area contributed by atoms with Crippen molar-refractivity contribution in [3.05, 3.63) is 62.8 Å². The van der Waals surface area contributed by atoms with E-state index in [2.05, 4.69) is 53.3 Å². The van der Waals surface area contributed by atoms with Crippen molar-refractivity contribution in [2.24, 2.45) is 0 Å². The van der Waals surface area contributed by atoms with Gasteiger partial charge in [-0.15, -0.1) is 0 Å². The van der Waals surface area contributed by atoms with Crippen molar-refractivity contribution in [3.8, 4) is 5.75 Å². The summed E-state index contributed by atoms with van der Waals surface area (Å²) in [6.07, 6.45) is 4.58. The van der Waals surface area contributed by atoms with Crippen LogP contribution in [0.5, 0.6) is 5.75 Å². The normalized spacial score (nSPS) is 16.6. The summed E-state index contributed by atoms with van der Waals surface area (Å²) in [5.74, 6) is 1.61. The Hall–Kier alpha value is -2.11. The van der Waals surface area contributed by atoms with Gasteiger partial charge in [0.15, 0.2) is 0 Å². The van der Waals surface area contributed by atoms with Crippen molar-refractivity contribution >= 4 is 21.6 Å². The molecule has 0 radical (unpaired) electrons. The summed E-state index contributed by atoms with van der Waals surface area (Å²) in [4.78, 5) is 16.8. The van der Waals surface area contributed by atoms with E-state index in [0.717, 1.165) is 41.9 Å². The van der Waals surface area contributed by atoms with E-state index < -0.39 is 0 Å². The molecule has 1 atom stereocenters. The molecule has 0 amide bonds. The van der Waals surface area contributed by atoms with Gasteiger partial charge in [-0.1, -0.05) is 29.5 Å². The summed E-state index contributed by atoms with van der Waals surface area (Å²) < 4.78 is 6.60. The number of hydrogen-bond donors (Lipinski definition) is 1. The second-order valence-electron chi connectivity index (χ2n) is 7.47. The maximum atomic E-state index is 11.5. The largest absolute Gasteiger partial charge is 0.496 e. The fourth-order valence-electron chi connectivity index (χ4n) is 4.24. The molecule has 4 nitrogen and oxygen atoms in total. The van der Waals surface area contributed by atoms with Gasteiger partial charge in [-0.3, -0.25) is 4.79 Å². The zero-order valence-electron chi connectivity index (χ0n) is 16.0. The number of nitrogens with zero attached hydrogens (tertiary/aromatic N) is 1. The highest BCUT2D eigenvalue weighted by Gasteiger charge is 2.23. The summed E-state index contributed by atoms with van der Waals surface area (Å²) in [6.45, 7) is 2.08. The summed E-state index contributed by atoms with van der Waals surface area (Å²) >= 11 is 1.27. The van der Waals surface area contributed by atoms with E-state index in [9.17, 15) is 4.79 Å². The number of fused-ring (bicyclic) bond motifs is 2. The van der Waals surface area contributed by atoms with Gasteiger partial charge in [0.2, 0.25) is 0 Å². The molecule has 0 aliphatic heterocycles. The molecular weight excluding hydrogens is 356 g/mol. The summed E-state index contributed by atoms with van der Waals surface area (Å²) in [7, 11) is 3.97. The third-order valence-corrected chi connectivity index (χ3v) is 6.47. The van der Waals surface area contributed by atoms with Crippen LogP contribution in [0.3, 0.4) is 0 Å². The Kier molecular flexibility index (Phi) is 5.32. The first-order chi connectivity index (χ1) is 13.1. The molecular formula is C22H26N2O2S. The third kappa shape index (κ3) is 3.94. The van der Waals surface area contributed by atoms with E-state index in [0.29, 0.717) is 5.92 Å². The lowest BCUT2D eigenvalue weighted by Crippen LogP contribution is -2.28. The van der Waals surface area contributed by atoms with Crippen LogP contribution in [0.4, 0.5) is 0 Å². The minimum absolute atomic E-state index is 0.0191. The molecule has 1 unspecified atom stereocenters. The fraction of sp³-hybridized carbons (Fsp3) is 0.409. The van der Waals surface area contributed by atoms with Crippen molar-refractivity contribution in [3.63, 3.8) is 0 Å². The lowest BCUT2D eigenvalue weighted by atomic mass is 9.82. The molecule has 0 bridgehead atoms. The highest BCUT2D eigenvalue weighted by atomic mass is 32.1. The quantitative estimate of drug-likeness (QED) is 0.695. The molecule has 1 aromatic heterocycles. The molecule has 0 saturated heterocycles. The van der Waals surface area contributed by atoms with Crippen LogP contribution < -0.4 is 9.61 Å². The number of likely N-dealkylation sites (N-methyl/N-ethyl adjacent to an activating group) is 1. The van der Waals surface area contributed by atoms with Crippen molar-refractivity contribution in [1.29, 1.82) is 0 Å². The van der Waals surface area contributed by atoms with E-state index >= 15 is 0 Å². The van der Waals surface area contributed by atoms with E-state index in [4.69, 9.17) is 4.74 Å². The Morgan fingerprint density at radius 3 is 3.04 bits per heavy atom. The maximum Gasteiger partial charge on any atom is 0.305 e. The van der Waals surface area contributed by atoms with E-state index in [1.807, 2.05) is 0 Å². The molecule has 1 N–H and O–H groups in total. The van der Waals surface area contributed by atoms with Crippen LogP contribution in [0.2, 0.25) is 0 Å². The Labute approximate surface area is 163 Å². The minimum Gasteiger partial charge on any atom is -0.496 e. The van der Waals surface area contributed by atoms with Crippen LogP contribution >= 0.6 is 11.3 Å². The van der Waals surface area contributed by atoms with Gasteiger partial charge in [0, 0.05) is 13.1 Å². The molecule has 27 heavy (non-hydrogen) atoms. The minimum atomic E-state index is 0.0191. The number of rotatable bonds is 6. The lowest BCUT2D eigenvalue weighted by molar-refractivity contribution is 0.299. The molecule has 2 aromatic carbocycles. The summed E-state index contributed by atoms with van der Waals surface area (Å²) in [5.41, 5.74) is 5.09. The molecule has 4 rings (SSSR count). The highest BCUT2D eigenvalue weighted by Crippen LogP contribution is 2.36. The number of aromatic nitrogens is 1. The van der Waals surface area contributed by atoms with Gasteiger partial charge in [0.05, 0.1) is 17.3 Å². The van der Waals surface area contributed by atoms with Crippen LogP contribution in [0.1, 0.15) is 35.4 Å². The predicted octanol–water partition coefficient (Wildman–Crippen LogP) is 4.19. The number of thiazole rings is 1. The zero-order chi connectivity index (χ0) is 18.8. The van der Waals surface area contributed by atoms with Crippen LogP contribution in [-0.2, 0) is 12.8 Å². The Balaban J connectivity index is 1.41. The van der Waals surface area contributed by atoms with Gasteiger partial charge in [-0.25, -0.2) is 0 Å². The van der Waals surface area contributed by atoms with Gasteiger partial charge < -0.3 is 14.6 Å². The molecule has 0 spiro atoms. The average Bonchev–Trinajstić information content (AvgIpc) is 3.05. The summed E-state index contributed by atoms with van der Waals surface area (Å²) in [6, 6.07) is 12.8. The van der Waals surface area contributed by atoms with Crippen molar-refractivity contribution in [1.82, 2.24) is 9.88 Å². The smallest absolute Gasteiger partial charge is 0.305 e. The van der Waals surface area contributed by atoms with Crippen LogP contribution in [0, 0.1) is 0 Å². The second kappa shape index (κ2) is 7.87. The Bertz CT molecular complexity index is 991. The molecule has 1 aliphatic rings. The summed E-state index contributed by atoms with van der Waals surface area (Å²) in [5, 5.41) is 0. The highest BCUT2D eigenvalue weighted by molar-refractivity contribution is 7.16. The molecule has 142 valence electrons. The average molecular weight is 383 g/mol. The van der Waals surface area contributed by atoms with Gasteiger partial charge in [-0.05, 0) is 73.5 Å². The van der Waals surface area contributed by atoms with Gasteiger partial charge in [0.1, 0.15) is 5.75 Å². The first kappa shape index (κ1) is 18.3. The number of ether oxygens (including phenoxy) is 1. The maximum absolute atomic E-state index is 11.5.